The van der Waals surface area contributed by atoms with Crippen LogP contribution in [-0.4, -0.2) is 46.5 Å². The van der Waals surface area contributed by atoms with E-state index in [1.165, 1.54) is 45.8 Å². The fraction of sp³-hybridized carbons (Fsp3) is 0.560. The predicted molar refractivity (Wildman–Crippen MR) is 126 cm³/mol. The van der Waals surface area contributed by atoms with Crippen LogP contribution in [0.15, 0.2) is 36.7 Å². The fourth-order valence-electron chi connectivity index (χ4n) is 4.88. The van der Waals surface area contributed by atoms with E-state index in [2.05, 4.69) is 46.3 Å². The molecular weight excluding hydrogens is 386 g/mol. The summed E-state index contributed by atoms with van der Waals surface area (Å²) in [6, 6.07) is 8.16. The third kappa shape index (κ3) is 5.82. The number of benzene rings is 1. The Bertz CT molecular complexity index is 874. The van der Waals surface area contributed by atoms with Crippen LogP contribution < -0.4 is 10.6 Å². The average Bonchev–Trinajstić information content (AvgIpc) is 3.25. The summed E-state index contributed by atoms with van der Waals surface area (Å²) in [5, 5.41) is 6.39. The number of fused-ring (bicyclic) bond motifs is 1. The van der Waals surface area contributed by atoms with Crippen LogP contribution in [0.25, 0.3) is 11.3 Å². The van der Waals surface area contributed by atoms with E-state index in [9.17, 15) is 4.79 Å². The van der Waals surface area contributed by atoms with Gasteiger partial charge < -0.3 is 15.5 Å². The van der Waals surface area contributed by atoms with Crippen molar-refractivity contribution < 1.29 is 4.79 Å². The largest absolute Gasteiger partial charge is 0.366 e. The molecule has 1 aliphatic carbocycles. The van der Waals surface area contributed by atoms with Crippen LogP contribution in [-0.2, 0) is 4.79 Å². The van der Waals surface area contributed by atoms with E-state index in [0.717, 1.165) is 34.6 Å². The van der Waals surface area contributed by atoms with Crippen molar-refractivity contribution in [2.45, 2.75) is 53.0 Å². The van der Waals surface area contributed by atoms with Gasteiger partial charge in [-0.05, 0) is 55.2 Å². The molecule has 1 aromatic carbocycles. The van der Waals surface area contributed by atoms with E-state index >= 15 is 0 Å². The molecule has 6 nitrogen and oxygen atoms in total. The number of likely N-dealkylation sites (tertiary alicyclic amines) is 1. The van der Waals surface area contributed by atoms with Crippen LogP contribution in [0.4, 0.5) is 11.5 Å². The second-order valence-electron chi connectivity index (χ2n) is 10.4. The number of nitrogens with one attached hydrogen (secondary N) is 2. The Kier molecular flexibility index (Phi) is 6.28. The van der Waals surface area contributed by atoms with E-state index in [4.69, 9.17) is 0 Å². The molecule has 31 heavy (non-hydrogen) atoms. The lowest BCUT2D eigenvalue weighted by Gasteiger charge is -2.24. The number of carbonyl (C=O) groups excluding carboxylic acids is 1. The maximum absolute atomic E-state index is 11.1. The Morgan fingerprint density at radius 2 is 1.74 bits per heavy atom. The molecule has 1 saturated heterocycles. The topological polar surface area (TPSA) is 70.2 Å². The lowest BCUT2D eigenvalue weighted by molar-refractivity contribution is -0.114. The van der Waals surface area contributed by atoms with E-state index in [0.29, 0.717) is 11.5 Å². The molecule has 3 atom stereocenters. The fourth-order valence-corrected chi connectivity index (χ4v) is 4.88. The highest BCUT2D eigenvalue weighted by molar-refractivity contribution is 5.88. The van der Waals surface area contributed by atoms with Crippen molar-refractivity contribution >= 4 is 17.4 Å². The number of hydrogen-bond acceptors (Lipinski definition) is 5. The van der Waals surface area contributed by atoms with Gasteiger partial charge in [0.1, 0.15) is 5.82 Å². The Morgan fingerprint density at radius 3 is 2.29 bits per heavy atom. The van der Waals surface area contributed by atoms with Crippen molar-refractivity contribution in [2.75, 3.05) is 30.3 Å². The summed E-state index contributed by atoms with van der Waals surface area (Å²) in [6.07, 6.45) is 7.38. The zero-order valence-electron chi connectivity index (χ0n) is 19.2. The Hall–Kier alpha value is -2.47. The number of hydrogen-bond donors (Lipinski definition) is 2. The Balaban J connectivity index is 1.27. The van der Waals surface area contributed by atoms with Gasteiger partial charge in [-0.3, -0.25) is 9.78 Å². The molecule has 2 aliphatic rings. The second-order valence-corrected chi connectivity index (χ2v) is 10.4. The van der Waals surface area contributed by atoms with Gasteiger partial charge in [-0.25, -0.2) is 4.98 Å². The molecule has 0 spiro atoms. The maximum Gasteiger partial charge on any atom is 0.221 e. The molecule has 1 saturated carbocycles. The van der Waals surface area contributed by atoms with Gasteiger partial charge >= 0.3 is 0 Å². The number of nitrogens with zero attached hydrogens (tertiary/aromatic N) is 3. The Morgan fingerprint density at radius 1 is 1.06 bits per heavy atom. The summed E-state index contributed by atoms with van der Waals surface area (Å²) >= 11 is 0. The van der Waals surface area contributed by atoms with Crippen molar-refractivity contribution in [3.8, 4) is 11.3 Å². The van der Waals surface area contributed by atoms with Crippen LogP contribution in [0.5, 0.6) is 0 Å². The van der Waals surface area contributed by atoms with Crippen molar-refractivity contribution in [3.05, 3.63) is 36.7 Å². The molecular formula is C25H35N5O. The number of rotatable bonds is 6. The zero-order chi connectivity index (χ0) is 22.0. The van der Waals surface area contributed by atoms with E-state index in [1.54, 1.807) is 0 Å². The normalized spacial score (nSPS) is 23.5. The van der Waals surface area contributed by atoms with Gasteiger partial charge in [0.05, 0.1) is 18.1 Å². The minimum atomic E-state index is -0.0726. The van der Waals surface area contributed by atoms with Crippen LogP contribution in [0.3, 0.4) is 0 Å². The zero-order valence-corrected chi connectivity index (χ0v) is 19.2. The minimum absolute atomic E-state index is 0.0726. The van der Waals surface area contributed by atoms with Gasteiger partial charge in [0, 0.05) is 37.3 Å². The molecule has 2 heterocycles. The smallest absolute Gasteiger partial charge is 0.221 e. The first-order valence-corrected chi connectivity index (χ1v) is 11.4. The molecule has 6 heteroatoms. The first kappa shape index (κ1) is 21.8. The van der Waals surface area contributed by atoms with Crippen LogP contribution in [0, 0.1) is 17.3 Å². The quantitative estimate of drug-likeness (QED) is 0.710. The molecule has 0 bridgehead atoms. The minimum Gasteiger partial charge on any atom is -0.366 e. The summed E-state index contributed by atoms with van der Waals surface area (Å²) < 4.78 is 0. The van der Waals surface area contributed by atoms with Gasteiger partial charge in [-0.15, -0.1) is 0 Å². The van der Waals surface area contributed by atoms with Gasteiger partial charge in [0.25, 0.3) is 0 Å². The average molecular weight is 422 g/mol. The lowest BCUT2D eigenvalue weighted by atomic mass is 9.92. The van der Waals surface area contributed by atoms with Crippen LogP contribution in [0.1, 0.15) is 47.0 Å². The molecule has 0 unspecified atom stereocenters. The standard InChI is InChI=1S/C25H35N5O/c1-17(31)28-21-7-5-18(6-8-21)23-13-27-24(14-26-23)29-22-11-19-15-30(16-20(19)12-22)10-9-25(2,3)4/h5-8,13-14,19-20,22H,9-12,15-16H2,1-4H3,(H,27,29)(H,28,31)/t19-,20+,22+. The number of carbonyl (C=O) groups is 1. The maximum atomic E-state index is 11.1. The first-order chi connectivity index (χ1) is 14.7. The molecule has 1 aromatic heterocycles. The second kappa shape index (κ2) is 8.95. The summed E-state index contributed by atoms with van der Waals surface area (Å²) in [5.74, 6) is 2.41. The van der Waals surface area contributed by atoms with E-state index in [-0.39, 0.29) is 5.91 Å². The molecule has 0 radical (unpaired) electrons. The number of aromatic nitrogens is 2. The molecule has 2 aromatic rings. The number of anilines is 2. The summed E-state index contributed by atoms with van der Waals surface area (Å²) in [6.45, 7) is 12.2. The molecule has 2 fully saturated rings. The van der Waals surface area contributed by atoms with E-state index < -0.39 is 0 Å². The third-order valence-corrected chi connectivity index (χ3v) is 6.51. The van der Waals surface area contributed by atoms with Crippen molar-refractivity contribution in [1.29, 1.82) is 0 Å². The SMILES string of the molecule is CC(=O)Nc1ccc(-c2cnc(N[C@H]3C[C@@H]4CN(CCC(C)(C)C)C[C@@H]4C3)cn2)cc1. The van der Waals surface area contributed by atoms with Gasteiger partial charge in [-0.1, -0.05) is 32.9 Å². The first-order valence-electron chi connectivity index (χ1n) is 11.4. The molecule has 2 N–H and O–H groups in total. The highest BCUT2D eigenvalue weighted by atomic mass is 16.1. The van der Waals surface area contributed by atoms with E-state index in [1.807, 2.05) is 36.7 Å². The molecule has 4 rings (SSSR count). The third-order valence-electron chi connectivity index (χ3n) is 6.51. The van der Waals surface area contributed by atoms with Crippen molar-refractivity contribution in [2.24, 2.45) is 17.3 Å². The Labute approximate surface area is 185 Å². The van der Waals surface area contributed by atoms with Crippen LogP contribution >= 0.6 is 0 Å². The lowest BCUT2D eigenvalue weighted by Crippen LogP contribution is -2.28. The van der Waals surface area contributed by atoms with Gasteiger partial charge in [-0.2, -0.15) is 0 Å². The summed E-state index contributed by atoms with van der Waals surface area (Å²) in [7, 11) is 0. The molecule has 1 aliphatic heterocycles. The van der Waals surface area contributed by atoms with Crippen molar-refractivity contribution in [3.63, 3.8) is 0 Å². The highest BCUT2D eigenvalue weighted by Crippen LogP contribution is 2.39. The van der Waals surface area contributed by atoms with Gasteiger partial charge in [0.15, 0.2) is 0 Å². The number of amides is 1. The summed E-state index contributed by atoms with van der Waals surface area (Å²) in [5.41, 5.74) is 3.02. The predicted octanol–water partition coefficient (Wildman–Crippen LogP) is 4.66. The summed E-state index contributed by atoms with van der Waals surface area (Å²) in [4.78, 5) is 23.0. The molecule has 1 amide bonds. The van der Waals surface area contributed by atoms with Gasteiger partial charge in [0.2, 0.25) is 5.91 Å². The van der Waals surface area contributed by atoms with Crippen molar-refractivity contribution in [1.82, 2.24) is 14.9 Å². The molecule has 166 valence electrons. The van der Waals surface area contributed by atoms with Crippen LogP contribution in [0.2, 0.25) is 0 Å². The monoisotopic (exact) mass is 421 g/mol. The highest BCUT2D eigenvalue weighted by Gasteiger charge is 2.40.